The molecule has 0 spiro atoms. The van der Waals surface area contributed by atoms with Gasteiger partial charge < -0.3 is 10.6 Å². The van der Waals surface area contributed by atoms with Crippen molar-refractivity contribution in [2.24, 2.45) is 0 Å². The Labute approximate surface area is 164 Å². The Balaban J connectivity index is 1.75. The molecule has 3 rings (SSSR count). The molecular weight excluding hydrogens is 350 g/mol. The summed E-state index contributed by atoms with van der Waals surface area (Å²) in [5.74, 6) is -0.504. The van der Waals surface area contributed by atoms with Crippen LogP contribution in [0, 0.1) is 0 Å². The van der Waals surface area contributed by atoms with E-state index in [4.69, 9.17) is 0 Å². The zero-order chi connectivity index (χ0) is 19.8. The lowest BCUT2D eigenvalue weighted by molar-refractivity contribution is -0.123. The number of amides is 2. The Morgan fingerprint density at radius 1 is 0.893 bits per heavy atom. The predicted molar refractivity (Wildman–Crippen MR) is 109 cm³/mol. The van der Waals surface area contributed by atoms with Crippen molar-refractivity contribution >= 4 is 11.8 Å². The predicted octanol–water partition coefficient (Wildman–Crippen LogP) is 3.30. The van der Waals surface area contributed by atoms with Crippen LogP contribution < -0.4 is 10.6 Å². The molecule has 0 aliphatic rings. The minimum atomic E-state index is -0.686. The number of rotatable bonds is 7. The van der Waals surface area contributed by atoms with Gasteiger partial charge in [-0.3, -0.25) is 14.6 Å². The number of benzene rings is 2. The van der Waals surface area contributed by atoms with Crippen molar-refractivity contribution in [2.45, 2.75) is 25.4 Å². The summed E-state index contributed by atoms with van der Waals surface area (Å²) in [5, 5.41) is 5.85. The maximum Gasteiger partial charge on any atom is 0.251 e. The average molecular weight is 373 g/mol. The number of hydrogen-bond donors (Lipinski definition) is 2. The maximum atomic E-state index is 13.0. The van der Waals surface area contributed by atoms with E-state index in [-0.39, 0.29) is 17.9 Å². The number of carbonyl (C=O) groups excluding carboxylic acids is 2. The molecule has 3 aromatic rings. The number of aromatic nitrogens is 1. The molecule has 5 nitrogen and oxygen atoms in total. The van der Waals surface area contributed by atoms with E-state index < -0.39 is 6.04 Å². The number of hydrogen-bond acceptors (Lipinski definition) is 3. The molecule has 0 saturated heterocycles. The van der Waals surface area contributed by atoms with Crippen molar-refractivity contribution < 1.29 is 9.59 Å². The number of pyridine rings is 1. The molecule has 1 aromatic heterocycles. The van der Waals surface area contributed by atoms with Crippen LogP contribution in [0.15, 0.2) is 85.2 Å². The molecule has 0 saturated carbocycles. The Kier molecular flexibility index (Phi) is 6.52. The second kappa shape index (κ2) is 9.46. The minimum Gasteiger partial charge on any atom is -0.348 e. The summed E-state index contributed by atoms with van der Waals surface area (Å²) in [4.78, 5) is 29.6. The standard InChI is InChI=1S/C23H23N3O2/c1-17(20-13-8-14-24-16-20)25-23(28)21(15-18-9-4-2-5-10-18)26-22(27)19-11-6-3-7-12-19/h2-14,16-17,21H,15H2,1H3,(H,25,28)(H,26,27). The van der Waals surface area contributed by atoms with Gasteiger partial charge in [0.25, 0.3) is 5.91 Å². The molecule has 5 heteroatoms. The number of nitrogens with zero attached hydrogens (tertiary/aromatic N) is 1. The fourth-order valence-electron chi connectivity index (χ4n) is 2.92. The summed E-state index contributed by atoms with van der Waals surface area (Å²) in [7, 11) is 0. The van der Waals surface area contributed by atoms with Gasteiger partial charge >= 0.3 is 0 Å². The van der Waals surface area contributed by atoms with Gasteiger partial charge in [0.1, 0.15) is 6.04 Å². The second-order valence-electron chi connectivity index (χ2n) is 6.60. The number of carbonyl (C=O) groups is 2. The largest absolute Gasteiger partial charge is 0.348 e. The van der Waals surface area contributed by atoms with Crippen LogP contribution in [0.5, 0.6) is 0 Å². The third-order valence-electron chi connectivity index (χ3n) is 4.48. The molecule has 2 atom stereocenters. The van der Waals surface area contributed by atoms with E-state index in [1.54, 1.807) is 36.7 Å². The number of nitrogens with one attached hydrogen (secondary N) is 2. The van der Waals surface area contributed by atoms with Crippen LogP contribution >= 0.6 is 0 Å². The molecule has 0 aliphatic heterocycles. The first kappa shape index (κ1) is 19.3. The summed E-state index contributed by atoms with van der Waals surface area (Å²) in [6.45, 7) is 1.90. The van der Waals surface area contributed by atoms with Crippen molar-refractivity contribution in [2.75, 3.05) is 0 Å². The van der Waals surface area contributed by atoms with Crippen molar-refractivity contribution in [1.82, 2.24) is 15.6 Å². The van der Waals surface area contributed by atoms with Crippen LogP contribution in [0.3, 0.4) is 0 Å². The zero-order valence-electron chi connectivity index (χ0n) is 15.7. The van der Waals surface area contributed by atoms with E-state index in [2.05, 4.69) is 15.6 Å². The van der Waals surface area contributed by atoms with Gasteiger partial charge in [0.15, 0.2) is 0 Å². The van der Waals surface area contributed by atoms with Crippen LogP contribution in [0.25, 0.3) is 0 Å². The third-order valence-corrected chi connectivity index (χ3v) is 4.48. The SMILES string of the molecule is CC(NC(=O)C(Cc1ccccc1)NC(=O)c1ccccc1)c1cccnc1. The van der Waals surface area contributed by atoms with Gasteiger partial charge in [0.05, 0.1) is 6.04 Å². The van der Waals surface area contributed by atoms with E-state index in [0.717, 1.165) is 11.1 Å². The highest BCUT2D eigenvalue weighted by Gasteiger charge is 2.23. The minimum absolute atomic E-state index is 0.215. The molecule has 2 amide bonds. The monoisotopic (exact) mass is 373 g/mol. The lowest BCUT2D eigenvalue weighted by Gasteiger charge is -2.22. The third kappa shape index (κ3) is 5.27. The Morgan fingerprint density at radius 3 is 2.21 bits per heavy atom. The summed E-state index contributed by atoms with van der Waals surface area (Å²) in [5.41, 5.74) is 2.41. The van der Waals surface area contributed by atoms with Crippen LogP contribution in [-0.4, -0.2) is 22.8 Å². The van der Waals surface area contributed by atoms with Crippen LogP contribution in [0.2, 0.25) is 0 Å². The van der Waals surface area contributed by atoms with Gasteiger partial charge in [-0.05, 0) is 36.2 Å². The van der Waals surface area contributed by atoms with Gasteiger partial charge in [0.2, 0.25) is 5.91 Å². The topological polar surface area (TPSA) is 71.1 Å². The molecule has 2 unspecified atom stereocenters. The van der Waals surface area contributed by atoms with Crippen LogP contribution in [0.4, 0.5) is 0 Å². The van der Waals surface area contributed by atoms with Crippen molar-refractivity contribution in [3.05, 3.63) is 102 Å². The quantitative estimate of drug-likeness (QED) is 0.668. The lowest BCUT2D eigenvalue weighted by Crippen LogP contribution is -2.48. The van der Waals surface area contributed by atoms with Crippen molar-refractivity contribution in [3.8, 4) is 0 Å². The normalized spacial score (nSPS) is 12.6. The first-order valence-electron chi connectivity index (χ1n) is 9.23. The smallest absolute Gasteiger partial charge is 0.251 e. The average Bonchev–Trinajstić information content (AvgIpc) is 2.75. The van der Waals surface area contributed by atoms with Crippen LogP contribution in [-0.2, 0) is 11.2 Å². The molecule has 142 valence electrons. The van der Waals surface area contributed by atoms with Gasteiger partial charge in [-0.1, -0.05) is 54.6 Å². The van der Waals surface area contributed by atoms with E-state index in [1.807, 2.05) is 55.5 Å². The van der Waals surface area contributed by atoms with E-state index in [0.29, 0.717) is 12.0 Å². The summed E-state index contributed by atoms with van der Waals surface area (Å²) >= 11 is 0. The van der Waals surface area contributed by atoms with Gasteiger partial charge in [-0.15, -0.1) is 0 Å². The first-order chi connectivity index (χ1) is 13.6. The van der Waals surface area contributed by atoms with E-state index in [1.165, 1.54) is 0 Å². The molecule has 0 fully saturated rings. The van der Waals surface area contributed by atoms with Gasteiger partial charge in [-0.25, -0.2) is 0 Å². The molecule has 28 heavy (non-hydrogen) atoms. The molecule has 0 bridgehead atoms. The Bertz CT molecular complexity index is 899. The second-order valence-corrected chi connectivity index (χ2v) is 6.60. The Morgan fingerprint density at radius 2 is 1.57 bits per heavy atom. The van der Waals surface area contributed by atoms with E-state index in [9.17, 15) is 9.59 Å². The van der Waals surface area contributed by atoms with Crippen molar-refractivity contribution in [3.63, 3.8) is 0 Å². The van der Waals surface area contributed by atoms with E-state index >= 15 is 0 Å². The fourth-order valence-corrected chi connectivity index (χ4v) is 2.92. The highest BCUT2D eigenvalue weighted by molar-refractivity contribution is 5.97. The zero-order valence-corrected chi connectivity index (χ0v) is 15.7. The molecule has 1 heterocycles. The molecule has 2 aromatic carbocycles. The summed E-state index contributed by atoms with van der Waals surface area (Å²) in [6, 6.07) is 21.4. The summed E-state index contributed by atoms with van der Waals surface area (Å²) in [6.07, 6.45) is 3.82. The first-order valence-corrected chi connectivity index (χ1v) is 9.23. The molecule has 0 aliphatic carbocycles. The highest BCUT2D eigenvalue weighted by Crippen LogP contribution is 2.12. The fraction of sp³-hybridized carbons (Fsp3) is 0.174. The highest BCUT2D eigenvalue weighted by atomic mass is 16.2. The molecular formula is C23H23N3O2. The molecule has 0 radical (unpaired) electrons. The van der Waals surface area contributed by atoms with Crippen LogP contribution in [0.1, 0.15) is 34.5 Å². The Hall–Kier alpha value is -3.47. The summed E-state index contributed by atoms with van der Waals surface area (Å²) < 4.78 is 0. The van der Waals surface area contributed by atoms with Gasteiger partial charge in [-0.2, -0.15) is 0 Å². The van der Waals surface area contributed by atoms with Crippen molar-refractivity contribution in [1.29, 1.82) is 0 Å². The maximum absolute atomic E-state index is 13.0. The molecule has 2 N–H and O–H groups in total. The lowest BCUT2D eigenvalue weighted by atomic mass is 10.0. The van der Waals surface area contributed by atoms with Gasteiger partial charge in [0, 0.05) is 24.4 Å².